The van der Waals surface area contributed by atoms with Crippen molar-refractivity contribution in [2.75, 3.05) is 20.8 Å². The molecule has 1 unspecified atom stereocenters. The highest BCUT2D eigenvalue weighted by atomic mass is 35.5. The molecule has 37 heavy (non-hydrogen) atoms. The van der Waals surface area contributed by atoms with Crippen molar-refractivity contribution in [3.05, 3.63) is 57.8 Å². The fourth-order valence-corrected chi connectivity index (χ4v) is 3.72. The molecule has 2 heterocycles. The molecule has 0 radical (unpaired) electrons. The van der Waals surface area contributed by atoms with E-state index in [4.69, 9.17) is 37.2 Å². The number of urea groups is 1. The number of amides is 2. The number of nitrogens with zero attached hydrogens (tertiary/aromatic N) is 4. The largest absolute Gasteiger partial charge is 0.485 e. The van der Waals surface area contributed by atoms with Gasteiger partial charge in [-0.1, -0.05) is 23.2 Å². The number of rotatable bonds is 9. The number of halogens is 5. The third kappa shape index (κ3) is 7.04. The summed E-state index contributed by atoms with van der Waals surface area (Å²) in [5, 5.41) is 11.6. The highest BCUT2D eigenvalue weighted by molar-refractivity contribution is 6.36. The molecule has 0 spiro atoms. The predicted molar refractivity (Wildman–Crippen MR) is 131 cm³/mol. The molecular weight excluding hydrogens is 538 g/mol. The fourth-order valence-electron chi connectivity index (χ4n) is 3.17. The Morgan fingerprint density at radius 2 is 2.00 bits per heavy atom. The van der Waals surface area contributed by atoms with Crippen molar-refractivity contribution in [2.24, 2.45) is 5.10 Å². The number of hydrogen-bond acceptors (Lipinski definition) is 7. The van der Waals surface area contributed by atoms with Crippen LogP contribution in [0.3, 0.4) is 0 Å². The molecule has 0 saturated heterocycles. The second kappa shape index (κ2) is 12.2. The van der Waals surface area contributed by atoms with Crippen LogP contribution in [0.25, 0.3) is 11.1 Å². The minimum Gasteiger partial charge on any atom is -0.485 e. The lowest BCUT2D eigenvalue weighted by Crippen LogP contribution is -2.36. The Balaban J connectivity index is 1.77. The summed E-state index contributed by atoms with van der Waals surface area (Å²) in [5.74, 6) is -0.299. The molecule has 2 aromatic heterocycles. The van der Waals surface area contributed by atoms with Gasteiger partial charge < -0.3 is 19.3 Å². The summed E-state index contributed by atoms with van der Waals surface area (Å²) >= 11 is 12.2. The maximum absolute atomic E-state index is 15.0. The van der Waals surface area contributed by atoms with Gasteiger partial charge in [0.25, 0.3) is 12.3 Å². The minimum absolute atomic E-state index is 0.0177. The van der Waals surface area contributed by atoms with Crippen LogP contribution in [0, 0.1) is 5.82 Å². The van der Waals surface area contributed by atoms with E-state index in [1.165, 1.54) is 45.5 Å². The van der Waals surface area contributed by atoms with Crippen LogP contribution in [0.5, 0.6) is 11.6 Å². The second-order valence-corrected chi connectivity index (χ2v) is 8.51. The van der Waals surface area contributed by atoms with Gasteiger partial charge in [0.05, 0.1) is 29.9 Å². The Morgan fingerprint density at radius 3 is 2.62 bits per heavy atom. The lowest BCUT2D eigenvalue weighted by atomic mass is 10.0. The number of carbonyl (C=O) groups is 1. The number of alkyl halides is 2. The summed E-state index contributed by atoms with van der Waals surface area (Å²) in [5.41, 5.74) is 0.642. The number of benzene rings is 1. The van der Waals surface area contributed by atoms with Crippen LogP contribution in [0.4, 0.5) is 18.0 Å². The number of ether oxygens (including phenoxy) is 2. The van der Waals surface area contributed by atoms with Gasteiger partial charge in [-0.25, -0.2) is 23.0 Å². The third-order valence-electron chi connectivity index (χ3n) is 4.94. The first-order valence-corrected chi connectivity index (χ1v) is 11.4. The van der Waals surface area contributed by atoms with Crippen LogP contribution < -0.4 is 14.8 Å². The summed E-state index contributed by atoms with van der Waals surface area (Å²) in [4.78, 5) is 16.7. The van der Waals surface area contributed by atoms with Gasteiger partial charge in [-0.05, 0) is 37.2 Å². The van der Waals surface area contributed by atoms with Crippen molar-refractivity contribution in [1.29, 1.82) is 0 Å². The van der Waals surface area contributed by atoms with Gasteiger partial charge in [0.1, 0.15) is 23.9 Å². The highest BCUT2D eigenvalue weighted by Gasteiger charge is 2.21. The van der Waals surface area contributed by atoms with E-state index in [0.29, 0.717) is 11.5 Å². The standard InChI is InChI=1S/C23H22Cl2F3N5O4/c1-11(18-8-20(35-4)32-37-18)31-33(3)23(34)30-12(2)21-17(26)5-13(9-29-21)15-6-14(24)7-16(25)22(15)36-10-19(27)28/h5-9,12,19H,10H2,1-4H3,(H,30,34)/b31-11-. The molecule has 0 aliphatic rings. The Kier molecular flexibility index (Phi) is 9.22. The van der Waals surface area contributed by atoms with Gasteiger partial charge in [-0.15, -0.1) is 0 Å². The zero-order valence-corrected chi connectivity index (χ0v) is 21.6. The Labute approximate surface area is 220 Å². The van der Waals surface area contributed by atoms with Crippen LogP contribution in [0.15, 0.2) is 40.1 Å². The van der Waals surface area contributed by atoms with E-state index in [1.54, 1.807) is 6.92 Å². The molecule has 0 aliphatic carbocycles. The first-order valence-electron chi connectivity index (χ1n) is 10.7. The lowest BCUT2D eigenvalue weighted by Gasteiger charge is -2.19. The maximum Gasteiger partial charge on any atom is 0.338 e. The zero-order chi connectivity index (χ0) is 27.3. The molecule has 2 amide bonds. The number of carbonyl (C=O) groups excluding carboxylic acids is 1. The normalized spacial score (nSPS) is 12.4. The van der Waals surface area contributed by atoms with Crippen LogP contribution >= 0.6 is 23.2 Å². The summed E-state index contributed by atoms with van der Waals surface area (Å²) in [6.45, 7) is 2.22. The van der Waals surface area contributed by atoms with Gasteiger partial charge in [0.2, 0.25) is 0 Å². The van der Waals surface area contributed by atoms with E-state index < -0.39 is 30.9 Å². The molecule has 3 rings (SSSR count). The summed E-state index contributed by atoms with van der Waals surface area (Å²) in [7, 11) is 2.83. The molecule has 0 saturated carbocycles. The quantitative estimate of drug-likeness (QED) is 0.256. The summed E-state index contributed by atoms with van der Waals surface area (Å²) in [6.07, 6.45) is -1.45. The predicted octanol–water partition coefficient (Wildman–Crippen LogP) is 5.96. The van der Waals surface area contributed by atoms with Crippen LogP contribution in [0.2, 0.25) is 10.0 Å². The summed E-state index contributed by atoms with van der Waals surface area (Å²) < 4.78 is 55.5. The van der Waals surface area contributed by atoms with Crippen molar-refractivity contribution in [3.63, 3.8) is 0 Å². The van der Waals surface area contributed by atoms with E-state index in [-0.39, 0.29) is 38.5 Å². The fraction of sp³-hybridized carbons (Fsp3) is 0.304. The highest BCUT2D eigenvalue weighted by Crippen LogP contribution is 2.39. The Morgan fingerprint density at radius 1 is 1.27 bits per heavy atom. The monoisotopic (exact) mass is 559 g/mol. The average Bonchev–Trinajstić information content (AvgIpc) is 3.32. The lowest BCUT2D eigenvalue weighted by molar-refractivity contribution is 0.0822. The molecular formula is C23H22Cl2F3N5O4. The zero-order valence-electron chi connectivity index (χ0n) is 20.1. The molecule has 9 nitrogen and oxygen atoms in total. The summed E-state index contributed by atoms with van der Waals surface area (Å²) in [6, 6.07) is 3.84. The van der Waals surface area contributed by atoms with E-state index in [9.17, 15) is 13.6 Å². The maximum atomic E-state index is 15.0. The Bertz CT molecular complexity index is 1310. The number of methoxy groups -OCH3 is 1. The van der Waals surface area contributed by atoms with Crippen molar-refractivity contribution >= 4 is 34.9 Å². The smallest absolute Gasteiger partial charge is 0.338 e. The molecule has 1 N–H and O–H groups in total. The third-order valence-corrected chi connectivity index (χ3v) is 5.44. The number of nitrogens with one attached hydrogen (secondary N) is 1. The van der Waals surface area contributed by atoms with Crippen molar-refractivity contribution in [2.45, 2.75) is 26.3 Å². The number of hydrazone groups is 1. The molecule has 0 fully saturated rings. The van der Waals surface area contributed by atoms with Gasteiger partial charge in [0, 0.05) is 29.4 Å². The van der Waals surface area contributed by atoms with Crippen molar-refractivity contribution < 1.29 is 32.0 Å². The molecule has 0 aliphatic heterocycles. The van der Waals surface area contributed by atoms with E-state index in [2.05, 4.69) is 20.6 Å². The minimum atomic E-state index is -2.74. The topological polar surface area (TPSA) is 102 Å². The molecule has 198 valence electrons. The number of hydrogen-bond donors (Lipinski definition) is 1. The van der Waals surface area contributed by atoms with Gasteiger partial charge in [-0.2, -0.15) is 5.10 Å². The van der Waals surface area contributed by atoms with Gasteiger partial charge in [0.15, 0.2) is 5.76 Å². The van der Waals surface area contributed by atoms with Gasteiger partial charge >= 0.3 is 6.03 Å². The molecule has 1 atom stereocenters. The molecule has 14 heteroatoms. The van der Waals surface area contributed by atoms with Crippen LogP contribution in [-0.2, 0) is 0 Å². The number of pyridine rings is 1. The van der Waals surface area contributed by atoms with E-state index >= 15 is 4.39 Å². The second-order valence-electron chi connectivity index (χ2n) is 7.67. The van der Waals surface area contributed by atoms with Crippen molar-refractivity contribution in [1.82, 2.24) is 20.5 Å². The Hall–Kier alpha value is -3.51. The molecule has 1 aromatic carbocycles. The van der Waals surface area contributed by atoms with Crippen LogP contribution in [-0.4, -0.2) is 54.1 Å². The van der Waals surface area contributed by atoms with Crippen LogP contribution in [0.1, 0.15) is 31.3 Å². The van der Waals surface area contributed by atoms with Crippen molar-refractivity contribution in [3.8, 4) is 22.8 Å². The van der Waals surface area contributed by atoms with E-state index in [1.807, 2.05) is 0 Å². The molecule has 0 bridgehead atoms. The SMILES string of the molecule is COc1cc(/C(C)=N\N(C)C(=O)NC(C)c2ncc(-c3cc(Cl)cc(Cl)c3OCC(F)F)cc2F)on1. The first-order chi connectivity index (χ1) is 17.5. The van der Waals surface area contributed by atoms with E-state index in [0.717, 1.165) is 11.1 Å². The molecule has 3 aromatic rings. The van der Waals surface area contributed by atoms with Gasteiger partial charge in [-0.3, -0.25) is 4.98 Å². The number of aromatic nitrogens is 2. The first kappa shape index (κ1) is 28.1. The average molecular weight is 560 g/mol.